The van der Waals surface area contributed by atoms with Crippen molar-refractivity contribution in [1.29, 1.82) is 0 Å². The molecule has 0 unspecified atom stereocenters. The van der Waals surface area contributed by atoms with Gasteiger partial charge in [0.25, 0.3) is 0 Å². The number of benzene rings is 5. The molecule has 0 atom stereocenters. The minimum Gasteiger partial charge on any atom is -0.203 e. The van der Waals surface area contributed by atoms with Gasteiger partial charge in [-0.15, -0.1) is 0 Å². The van der Waals surface area contributed by atoms with E-state index in [4.69, 9.17) is 0 Å². The molecular weight excluding hydrogens is 628 g/mol. The largest absolute Gasteiger partial charge is 0.203 e. The Morgan fingerprint density at radius 2 is 1.06 bits per heavy atom. The van der Waals surface area contributed by atoms with Crippen molar-refractivity contribution in [3.63, 3.8) is 0 Å². The molecule has 0 N–H and O–H groups in total. The topological polar surface area (TPSA) is 0 Å². The van der Waals surface area contributed by atoms with Gasteiger partial charge in [0.15, 0.2) is 11.6 Å². The third-order valence-corrected chi connectivity index (χ3v) is 7.26. The van der Waals surface area contributed by atoms with Crippen LogP contribution in [0.2, 0.25) is 0 Å². The number of fused-ring (bicyclic) bond motifs is 1. The third kappa shape index (κ3) is 4.06. The van der Waals surface area contributed by atoms with Crippen molar-refractivity contribution in [2.75, 3.05) is 0 Å². The number of halogens is 4. The predicted molar refractivity (Wildman–Crippen MR) is 146 cm³/mol. The smallest absolute Gasteiger partial charge is 0.172 e. The Bertz CT molecular complexity index is 1440. The van der Waals surface area contributed by atoms with Gasteiger partial charge in [0.2, 0.25) is 0 Å². The Balaban J connectivity index is 1.49. The summed E-state index contributed by atoms with van der Waals surface area (Å²) in [5.74, 6) is -1.58. The van der Waals surface area contributed by atoms with Gasteiger partial charge in [-0.2, -0.15) is 0 Å². The van der Waals surface area contributed by atoms with Crippen molar-refractivity contribution in [3.05, 3.63) is 116 Å². The fourth-order valence-electron chi connectivity index (χ4n) is 3.89. The van der Waals surface area contributed by atoms with E-state index in [1.54, 1.807) is 12.1 Å². The first-order chi connectivity index (χ1) is 15.5. The summed E-state index contributed by atoms with van der Waals surface area (Å²) in [5, 5.41) is 0.999. The minimum absolute atomic E-state index is 0.286. The third-order valence-electron chi connectivity index (χ3n) is 5.58. The van der Waals surface area contributed by atoms with E-state index in [2.05, 4.69) is 77.2 Å². The van der Waals surface area contributed by atoms with Crippen LogP contribution in [0, 0.1) is 18.8 Å². The molecule has 4 heteroatoms. The van der Waals surface area contributed by atoms with Crippen LogP contribution >= 0.6 is 45.2 Å². The van der Waals surface area contributed by atoms with Crippen LogP contribution in [-0.2, 0) is 0 Å². The van der Waals surface area contributed by atoms with Gasteiger partial charge in [0.05, 0.1) is 3.57 Å². The molecule has 0 radical (unpaired) electrons. The lowest BCUT2D eigenvalue weighted by molar-refractivity contribution is 0.512. The summed E-state index contributed by atoms with van der Waals surface area (Å²) in [6.45, 7) is 0. The van der Waals surface area contributed by atoms with E-state index in [0.29, 0.717) is 10.8 Å². The zero-order valence-electron chi connectivity index (χ0n) is 16.7. The first-order valence-corrected chi connectivity index (χ1v) is 12.2. The standard InChI is InChI=1S/C28H16F2I2/c29-27-24-13-11-21(14-22(24)16-26(32)28(27)30)23-12-10-20(15-25(23)31)19-8-6-18(7-9-19)17-4-2-1-3-5-17/h1-16H. The van der Waals surface area contributed by atoms with Crippen molar-refractivity contribution >= 4 is 56.0 Å². The van der Waals surface area contributed by atoms with Gasteiger partial charge >= 0.3 is 0 Å². The molecule has 0 fully saturated rings. The Hall–Kier alpha value is -2.32. The van der Waals surface area contributed by atoms with Crippen molar-refractivity contribution in [3.8, 4) is 33.4 Å². The highest BCUT2D eigenvalue weighted by Gasteiger charge is 2.13. The molecule has 0 bridgehead atoms. The van der Waals surface area contributed by atoms with Crippen molar-refractivity contribution < 1.29 is 8.78 Å². The maximum atomic E-state index is 14.3. The van der Waals surface area contributed by atoms with E-state index in [1.807, 2.05) is 52.9 Å². The maximum absolute atomic E-state index is 14.3. The second-order valence-corrected chi connectivity index (χ2v) is 9.88. The molecule has 0 heterocycles. The summed E-state index contributed by atoms with van der Waals surface area (Å²) in [6, 6.07) is 32.4. The van der Waals surface area contributed by atoms with Crippen molar-refractivity contribution in [1.82, 2.24) is 0 Å². The maximum Gasteiger partial charge on any atom is 0.172 e. The summed E-state index contributed by atoms with van der Waals surface area (Å²) in [5.41, 5.74) is 6.73. The van der Waals surface area contributed by atoms with Crippen LogP contribution in [0.5, 0.6) is 0 Å². The highest BCUT2D eigenvalue weighted by Crippen LogP contribution is 2.34. The minimum atomic E-state index is -0.789. The molecule has 0 amide bonds. The molecule has 0 aliphatic carbocycles. The Labute approximate surface area is 212 Å². The second kappa shape index (κ2) is 8.90. The van der Waals surface area contributed by atoms with E-state index in [0.717, 1.165) is 25.8 Å². The molecule has 0 aromatic heterocycles. The van der Waals surface area contributed by atoms with Crippen LogP contribution in [0.3, 0.4) is 0 Å². The van der Waals surface area contributed by atoms with Gasteiger partial charge in [0.1, 0.15) is 0 Å². The average Bonchev–Trinajstić information content (AvgIpc) is 2.83. The summed E-state index contributed by atoms with van der Waals surface area (Å²) in [7, 11) is 0. The van der Waals surface area contributed by atoms with E-state index in [1.165, 1.54) is 11.1 Å². The monoisotopic (exact) mass is 644 g/mol. The number of hydrogen-bond donors (Lipinski definition) is 0. The predicted octanol–water partition coefficient (Wildman–Crippen LogP) is 9.33. The molecule has 0 saturated carbocycles. The van der Waals surface area contributed by atoms with Crippen LogP contribution in [0.15, 0.2) is 97.1 Å². The van der Waals surface area contributed by atoms with Gasteiger partial charge in [-0.25, -0.2) is 8.78 Å². The molecule has 0 aliphatic rings. The molecular formula is C28H16F2I2. The highest BCUT2D eigenvalue weighted by molar-refractivity contribution is 14.1. The van der Waals surface area contributed by atoms with Crippen LogP contribution in [0.1, 0.15) is 0 Å². The summed E-state index contributed by atoms with van der Waals surface area (Å²) in [4.78, 5) is 0. The molecule has 0 saturated heterocycles. The van der Waals surface area contributed by atoms with Gasteiger partial charge < -0.3 is 0 Å². The van der Waals surface area contributed by atoms with Crippen LogP contribution in [0.4, 0.5) is 8.78 Å². The van der Waals surface area contributed by atoms with Crippen molar-refractivity contribution in [2.24, 2.45) is 0 Å². The van der Waals surface area contributed by atoms with E-state index in [9.17, 15) is 8.78 Å². The SMILES string of the molecule is Fc1c(I)cc2cc(-c3ccc(-c4ccc(-c5ccccc5)cc4)cc3I)ccc2c1F. The van der Waals surface area contributed by atoms with E-state index >= 15 is 0 Å². The Morgan fingerprint density at radius 3 is 1.75 bits per heavy atom. The Kier molecular flexibility index (Phi) is 5.99. The molecule has 0 spiro atoms. The Morgan fingerprint density at radius 1 is 0.469 bits per heavy atom. The normalized spacial score (nSPS) is 11.1. The van der Waals surface area contributed by atoms with Crippen molar-refractivity contribution in [2.45, 2.75) is 0 Å². The zero-order chi connectivity index (χ0) is 22.2. The van der Waals surface area contributed by atoms with E-state index in [-0.39, 0.29) is 3.57 Å². The molecule has 32 heavy (non-hydrogen) atoms. The van der Waals surface area contributed by atoms with Gasteiger partial charge in [-0.1, -0.05) is 78.9 Å². The lowest BCUT2D eigenvalue weighted by Crippen LogP contribution is -1.92. The van der Waals surface area contributed by atoms with Crippen LogP contribution < -0.4 is 0 Å². The molecule has 0 aliphatic heterocycles. The fourth-order valence-corrected chi connectivity index (χ4v) is 5.29. The van der Waals surface area contributed by atoms with Gasteiger partial charge in [-0.3, -0.25) is 0 Å². The zero-order valence-corrected chi connectivity index (χ0v) is 21.1. The lowest BCUT2D eigenvalue weighted by atomic mass is 9.97. The lowest BCUT2D eigenvalue weighted by Gasteiger charge is -2.11. The quantitative estimate of drug-likeness (QED) is 0.136. The molecule has 0 nitrogen and oxygen atoms in total. The van der Waals surface area contributed by atoms with Gasteiger partial charge in [-0.05, 0) is 102 Å². The summed E-state index contributed by atoms with van der Waals surface area (Å²) < 4.78 is 29.5. The molecule has 5 aromatic carbocycles. The molecule has 5 rings (SSSR count). The molecule has 156 valence electrons. The number of hydrogen-bond acceptors (Lipinski definition) is 0. The highest BCUT2D eigenvalue weighted by atomic mass is 127. The first kappa shape index (κ1) is 21.5. The molecule has 5 aromatic rings. The average molecular weight is 644 g/mol. The van der Waals surface area contributed by atoms with E-state index < -0.39 is 11.6 Å². The van der Waals surface area contributed by atoms with Gasteiger partial charge in [0, 0.05) is 8.96 Å². The van der Waals surface area contributed by atoms with Crippen LogP contribution in [-0.4, -0.2) is 0 Å². The van der Waals surface area contributed by atoms with Crippen LogP contribution in [0.25, 0.3) is 44.2 Å². The fraction of sp³-hybridized carbons (Fsp3) is 0. The second-order valence-electron chi connectivity index (χ2n) is 7.56. The first-order valence-electron chi connectivity index (χ1n) is 10.0. The summed E-state index contributed by atoms with van der Waals surface area (Å²) >= 11 is 4.17. The summed E-state index contributed by atoms with van der Waals surface area (Å²) in [6.07, 6.45) is 0. The number of rotatable bonds is 3.